The first kappa shape index (κ1) is 13.0. The third-order valence-electron chi connectivity index (χ3n) is 3.60. The van der Waals surface area contributed by atoms with Crippen LogP contribution in [0.4, 0.5) is 0 Å². The van der Waals surface area contributed by atoms with Gasteiger partial charge in [-0.05, 0) is 31.2 Å². The lowest BCUT2D eigenvalue weighted by molar-refractivity contribution is 0.284. The SMILES string of the molecule is CCC(CC)NCCN1CCC(C)(C)C1. The Bertz CT molecular complexity index is 173. The van der Waals surface area contributed by atoms with Gasteiger partial charge < -0.3 is 10.2 Å². The highest BCUT2D eigenvalue weighted by molar-refractivity contribution is 4.82. The van der Waals surface area contributed by atoms with Crippen LogP contribution >= 0.6 is 0 Å². The maximum Gasteiger partial charge on any atom is 0.0107 e. The van der Waals surface area contributed by atoms with Crippen molar-refractivity contribution in [3.8, 4) is 0 Å². The van der Waals surface area contributed by atoms with Crippen molar-refractivity contribution in [1.82, 2.24) is 10.2 Å². The van der Waals surface area contributed by atoms with E-state index >= 15 is 0 Å². The molecular weight excluding hydrogens is 184 g/mol. The molecule has 0 spiro atoms. The molecule has 1 rings (SSSR count). The van der Waals surface area contributed by atoms with E-state index in [4.69, 9.17) is 0 Å². The number of nitrogens with one attached hydrogen (secondary N) is 1. The zero-order chi connectivity index (χ0) is 11.3. The summed E-state index contributed by atoms with van der Waals surface area (Å²) in [5, 5.41) is 3.63. The molecule has 0 aromatic heterocycles. The smallest absolute Gasteiger partial charge is 0.0107 e. The molecule has 0 amide bonds. The van der Waals surface area contributed by atoms with Gasteiger partial charge in [0.25, 0.3) is 0 Å². The zero-order valence-corrected chi connectivity index (χ0v) is 11.0. The minimum atomic E-state index is 0.551. The minimum absolute atomic E-state index is 0.551. The molecule has 0 atom stereocenters. The van der Waals surface area contributed by atoms with E-state index in [1.165, 1.54) is 38.9 Å². The van der Waals surface area contributed by atoms with Gasteiger partial charge in [-0.15, -0.1) is 0 Å². The molecule has 0 unspecified atom stereocenters. The zero-order valence-electron chi connectivity index (χ0n) is 11.0. The summed E-state index contributed by atoms with van der Waals surface area (Å²) in [5.41, 5.74) is 0.551. The predicted molar refractivity (Wildman–Crippen MR) is 67.2 cm³/mol. The van der Waals surface area contributed by atoms with Crippen molar-refractivity contribution in [2.45, 2.75) is 53.0 Å². The fourth-order valence-corrected chi connectivity index (χ4v) is 2.42. The van der Waals surface area contributed by atoms with Crippen molar-refractivity contribution >= 4 is 0 Å². The van der Waals surface area contributed by atoms with Gasteiger partial charge in [0.15, 0.2) is 0 Å². The fraction of sp³-hybridized carbons (Fsp3) is 1.00. The second-order valence-corrected chi connectivity index (χ2v) is 5.66. The van der Waals surface area contributed by atoms with E-state index in [1.807, 2.05) is 0 Å². The molecule has 0 radical (unpaired) electrons. The first-order valence-electron chi connectivity index (χ1n) is 6.53. The van der Waals surface area contributed by atoms with Crippen LogP contribution in [-0.4, -0.2) is 37.1 Å². The maximum absolute atomic E-state index is 3.63. The average Bonchev–Trinajstić information content (AvgIpc) is 2.53. The van der Waals surface area contributed by atoms with Crippen LogP contribution in [0.25, 0.3) is 0 Å². The highest BCUT2D eigenvalue weighted by Crippen LogP contribution is 2.28. The number of hydrogen-bond acceptors (Lipinski definition) is 2. The van der Waals surface area contributed by atoms with Crippen LogP contribution in [0.3, 0.4) is 0 Å². The molecule has 1 fully saturated rings. The maximum atomic E-state index is 3.63. The number of likely N-dealkylation sites (tertiary alicyclic amines) is 1. The lowest BCUT2D eigenvalue weighted by atomic mass is 9.93. The molecule has 0 saturated carbocycles. The summed E-state index contributed by atoms with van der Waals surface area (Å²) in [6.07, 6.45) is 3.86. The molecular formula is C13H28N2. The van der Waals surface area contributed by atoms with Crippen LogP contribution < -0.4 is 5.32 Å². The molecule has 90 valence electrons. The summed E-state index contributed by atoms with van der Waals surface area (Å²) in [4.78, 5) is 2.59. The van der Waals surface area contributed by atoms with E-state index in [9.17, 15) is 0 Å². The number of rotatable bonds is 6. The Kier molecular flexibility index (Phi) is 5.07. The third kappa shape index (κ3) is 4.52. The molecule has 0 bridgehead atoms. The summed E-state index contributed by atoms with van der Waals surface area (Å²) >= 11 is 0. The van der Waals surface area contributed by atoms with Crippen molar-refractivity contribution in [1.29, 1.82) is 0 Å². The van der Waals surface area contributed by atoms with E-state index < -0.39 is 0 Å². The predicted octanol–water partition coefficient (Wildman–Crippen LogP) is 2.50. The first-order chi connectivity index (χ1) is 7.07. The van der Waals surface area contributed by atoms with Crippen LogP contribution in [0.5, 0.6) is 0 Å². The highest BCUT2D eigenvalue weighted by Gasteiger charge is 2.28. The summed E-state index contributed by atoms with van der Waals surface area (Å²) < 4.78 is 0. The molecule has 1 N–H and O–H groups in total. The quantitative estimate of drug-likeness (QED) is 0.728. The molecule has 0 aromatic carbocycles. The van der Waals surface area contributed by atoms with Crippen LogP contribution in [0.2, 0.25) is 0 Å². The monoisotopic (exact) mass is 212 g/mol. The van der Waals surface area contributed by atoms with Crippen LogP contribution in [0.1, 0.15) is 47.0 Å². The van der Waals surface area contributed by atoms with Crippen molar-refractivity contribution in [3.05, 3.63) is 0 Å². The lowest BCUT2D eigenvalue weighted by Crippen LogP contribution is -2.36. The molecule has 1 aliphatic heterocycles. The first-order valence-corrected chi connectivity index (χ1v) is 6.53. The molecule has 0 aromatic rings. The summed E-state index contributed by atoms with van der Waals surface area (Å²) in [5.74, 6) is 0. The fourth-order valence-electron chi connectivity index (χ4n) is 2.42. The lowest BCUT2D eigenvalue weighted by Gasteiger charge is -2.21. The van der Waals surface area contributed by atoms with Gasteiger partial charge in [0.2, 0.25) is 0 Å². The number of nitrogens with zero attached hydrogens (tertiary/aromatic N) is 1. The molecule has 1 aliphatic rings. The van der Waals surface area contributed by atoms with E-state index in [-0.39, 0.29) is 0 Å². The standard InChI is InChI=1S/C13H28N2/c1-5-12(6-2)14-8-10-15-9-7-13(3,4)11-15/h12,14H,5-11H2,1-4H3. The van der Waals surface area contributed by atoms with Crippen molar-refractivity contribution in [2.24, 2.45) is 5.41 Å². The van der Waals surface area contributed by atoms with E-state index in [2.05, 4.69) is 37.9 Å². The van der Waals surface area contributed by atoms with Gasteiger partial charge in [-0.2, -0.15) is 0 Å². The molecule has 2 nitrogen and oxygen atoms in total. The van der Waals surface area contributed by atoms with E-state index in [0.717, 1.165) is 12.6 Å². The van der Waals surface area contributed by atoms with Crippen LogP contribution in [-0.2, 0) is 0 Å². The summed E-state index contributed by atoms with van der Waals surface area (Å²) in [7, 11) is 0. The van der Waals surface area contributed by atoms with E-state index in [0.29, 0.717) is 5.41 Å². The third-order valence-corrected chi connectivity index (χ3v) is 3.60. The Morgan fingerprint density at radius 3 is 2.40 bits per heavy atom. The molecule has 1 heterocycles. The van der Waals surface area contributed by atoms with Gasteiger partial charge in [-0.3, -0.25) is 0 Å². The van der Waals surface area contributed by atoms with Crippen LogP contribution in [0, 0.1) is 5.41 Å². The van der Waals surface area contributed by atoms with Crippen molar-refractivity contribution in [2.75, 3.05) is 26.2 Å². The minimum Gasteiger partial charge on any atom is -0.313 e. The Morgan fingerprint density at radius 2 is 1.93 bits per heavy atom. The summed E-state index contributed by atoms with van der Waals surface area (Å²) in [6, 6.07) is 0.723. The van der Waals surface area contributed by atoms with Gasteiger partial charge >= 0.3 is 0 Å². The molecule has 2 heteroatoms. The Morgan fingerprint density at radius 1 is 1.27 bits per heavy atom. The van der Waals surface area contributed by atoms with Crippen LogP contribution in [0.15, 0.2) is 0 Å². The van der Waals surface area contributed by atoms with Gasteiger partial charge in [0.05, 0.1) is 0 Å². The largest absolute Gasteiger partial charge is 0.313 e. The molecule has 15 heavy (non-hydrogen) atoms. The average molecular weight is 212 g/mol. The normalized spacial score (nSPS) is 21.4. The van der Waals surface area contributed by atoms with E-state index in [1.54, 1.807) is 0 Å². The summed E-state index contributed by atoms with van der Waals surface area (Å²) in [6.45, 7) is 14.2. The van der Waals surface area contributed by atoms with Gasteiger partial charge in [-0.25, -0.2) is 0 Å². The Labute approximate surface area is 95.4 Å². The Hall–Kier alpha value is -0.0800. The molecule has 1 saturated heterocycles. The topological polar surface area (TPSA) is 15.3 Å². The highest BCUT2D eigenvalue weighted by atomic mass is 15.2. The van der Waals surface area contributed by atoms with Gasteiger partial charge in [0, 0.05) is 25.7 Å². The van der Waals surface area contributed by atoms with Crippen molar-refractivity contribution in [3.63, 3.8) is 0 Å². The number of hydrogen-bond donors (Lipinski definition) is 1. The molecule has 0 aliphatic carbocycles. The second-order valence-electron chi connectivity index (χ2n) is 5.66. The second kappa shape index (κ2) is 5.86. The van der Waals surface area contributed by atoms with Gasteiger partial charge in [-0.1, -0.05) is 27.7 Å². The van der Waals surface area contributed by atoms with Gasteiger partial charge in [0.1, 0.15) is 0 Å². The Balaban J connectivity index is 2.11. The van der Waals surface area contributed by atoms with Crippen molar-refractivity contribution < 1.29 is 0 Å².